The van der Waals surface area contributed by atoms with E-state index in [9.17, 15) is 18.0 Å². The molecule has 2 nitrogen and oxygen atoms in total. The molecule has 0 spiro atoms. The molecule has 0 atom stereocenters. The van der Waals surface area contributed by atoms with Gasteiger partial charge in [-0.1, -0.05) is 30.3 Å². The number of aryl methyl sites for hydroxylation is 1. The maximum atomic E-state index is 12.6. The van der Waals surface area contributed by atoms with Gasteiger partial charge >= 0.3 is 6.18 Å². The Labute approximate surface area is 101 Å². The van der Waals surface area contributed by atoms with Crippen molar-refractivity contribution < 1.29 is 13.2 Å². The van der Waals surface area contributed by atoms with Crippen molar-refractivity contribution in [2.45, 2.75) is 6.18 Å². The quantitative estimate of drug-likeness (QED) is 0.765. The largest absolute Gasteiger partial charge is 0.431 e. The summed E-state index contributed by atoms with van der Waals surface area (Å²) in [5, 5.41) is 0. The first-order valence-corrected chi connectivity index (χ1v) is 5.23. The number of pyridine rings is 1. The second kappa shape index (κ2) is 4.33. The average molecular weight is 253 g/mol. The Hall–Kier alpha value is -2.04. The highest BCUT2D eigenvalue weighted by molar-refractivity contribution is 5.62. The van der Waals surface area contributed by atoms with Crippen LogP contribution in [0.25, 0.3) is 11.1 Å². The summed E-state index contributed by atoms with van der Waals surface area (Å²) in [4.78, 5) is 11.7. The van der Waals surface area contributed by atoms with Gasteiger partial charge in [0.15, 0.2) is 5.43 Å². The van der Waals surface area contributed by atoms with Crippen molar-refractivity contribution in [3.8, 4) is 11.1 Å². The van der Waals surface area contributed by atoms with Crippen molar-refractivity contribution in [2.75, 3.05) is 0 Å². The molecule has 0 saturated heterocycles. The zero-order valence-electron chi connectivity index (χ0n) is 9.53. The number of aromatic nitrogens is 1. The maximum absolute atomic E-state index is 12.6. The van der Waals surface area contributed by atoms with Crippen LogP contribution in [-0.2, 0) is 13.2 Å². The molecule has 18 heavy (non-hydrogen) atoms. The van der Waals surface area contributed by atoms with Crippen LogP contribution in [0, 0.1) is 0 Å². The number of alkyl halides is 3. The van der Waals surface area contributed by atoms with Crippen LogP contribution >= 0.6 is 0 Å². The monoisotopic (exact) mass is 253 g/mol. The van der Waals surface area contributed by atoms with Crippen LogP contribution in [0.5, 0.6) is 0 Å². The van der Waals surface area contributed by atoms with Crippen molar-refractivity contribution in [3.05, 3.63) is 58.5 Å². The van der Waals surface area contributed by atoms with Crippen molar-refractivity contribution in [3.63, 3.8) is 0 Å². The Balaban J connectivity index is 2.61. The van der Waals surface area contributed by atoms with Crippen LogP contribution in [0.3, 0.4) is 0 Å². The number of benzene rings is 1. The van der Waals surface area contributed by atoms with Crippen LogP contribution in [-0.4, -0.2) is 4.57 Å². The van der Waals surface area contributed by atoms with E-state index in [1.54, 1.807) is 30.3 Å². The molecule has 0 fully saturated rings. The zero-order chi connectivity index (χ0) is 13.3. The molecular weight excluding hydrogens is 243 g/mol. The first-order valence-electron chi connectivity index (χ1n) is 5.23. The fraction of sp³-hybridized carbons (Fsp3) is 0.154. The number of halogens is 3. The van der Waals surface area contributed by atoms with Crippen LogP contribution in [0.2, 0.25) is 0 Å². The van der Waals surface area contributed by atoms with Crippen LogP contribution in [0.15, 0.2) is 47.4 Å². The molecule has 0 N–H and O–H groups in total. The van der Waals surface area contributed by atoms with E-state index in [1.807, 2.05) is 0 Å². The van der Waals surface area contributed by atoms with E-state index >= 15 is 0 Å². The van der Waals surface area contributed by atoms with Gasteiger partial charge in [0.1, 0.15) is 5.69 Å². The summed E-state index contributed by atoms with van der Waals surface area (Å²) in [5.41, 5.74) is -0.725. The molecule has 0 radical (unpaired) electrons. The molecule has 0 aliphatic carbocycles. The third-order valence-electron chi connectivity index (χ3n) is 2.61. The van der Waals surface area contributed by atoms with E-state index in [0.29, 0.717) is 11.6 Å². The van der Waals surface area contributed by atoms with E-state index in [0.717, 1.165) is 4.57 Å². The molecule has 2 rings (SSSR count). The van der Waals surface area contributed by atoms with Gasteiger partial charge in [-0.25, -0.2) is 0 Å². The lowest BCUT2D eigenvalue weighted by Crippen LogP contribution is -2.19. The topological polar surface area (TPSA) is 22.0 Å². The summed E-state index contributed by atoms with van der Waals surface area (Å²) in [7, 11) is 1.27. The van der Waals surface area contributed by atoms with Gasteiger partial charge in [0.25, 0.3) is 0 Å². The number of rotatable bonds is 1. The molecule has 0 unspecified atom stereocenters. The number of nitrogens with zero attached hydrogens (tertiary/aromatic N) is 1. The predicted molar refractivity (Wildman–Crippen MR) is 62.1 cm³/mol. The predicted octanol–water partition coefficient (Wildman–Crippen LogP) is 3.07. The zero-order valence-corrected chi connectivity index (χ0v) is 9.53. The van der Waals surface area contributed by atoms with Crippen molar-refractivity contribution in [1.29, 1.82) is 0 Å². The second-order valence-electron chi connectivity index (χ2n) is 3.91. The minimum atomic E-state index is -4.52. The number of hydrogen-bond acceptors (Lipinski definition) is 1. The first-order chi connectivity index (χ1) is 8.39. The highest BCUT2D eigenvalue weighted by atomic mass is 19.4. The molecule has 0 aliphatic rings. The van der Waals surface area contributed by atoms with E-state index in [4.69, 9.17) is 0 Å². The Bertz CT molecular complexity index is 614. The summed E-state index contributed by atoms with van der Waals surface area (Å²) in [5.74, 6) is 0. The molecule has 5 heteroatoms. The highest BCUT2D eigenvalue weighted by Gasteiger charge is 2.33. The minimum Gasteiger partial charge on any atom is -0.346 e. The van der Waals surface area contributed by atoms with Gasteiger partial charge in [-0.05, 0) is 5.56 Å². The second-order valence-corrected chi connectivity index (χ2v) is 3.91. The smallest absolute Gasteiger partial charge is 0.346 e. The van der Waals surface area contributed by atoms with Crippen LogP contribution in [0.1, 0.15) is 5.69 Å². The lowest BCUT2D eigenvalue weighted by atomic mass is 10.1. The van der Waals surface area contributed by atoms with Gasteiger partial charge in [0.2, 0.25) is 0 Å². The summed E-state index contributed by atoms with van der Waals surface area (Å²) in [6, 6.07) is 9.23. The Kier molecular flexibility index (Phi) is 2.98. The van der Waals surface area contributed by atoms with E-state index < -0.39 is 17.3 Å². The lowest BCUT2D eigenvalue weighted by Gasteiger charge is -2.13. The Morgan fingerprint density at radius 1 is 1.11 bits per heavy atom. The van der Waals surface area contributed by atoms with Gasteiger partial charge in [-0.15, -0.1) is 0 Å². The molecule has 94 valence electrons. The summed E-state index contributed by atoms with van der Waals surface area (Å²) in [6.45, 7) is 0. The molecule has 0 amide bonds. The molecule has 1 aromatic carbocycles. The molecular formula is C13H10F3NO. The summed E-state index contributed by atoms with van der Waals surface area (Å²) >= 11 is 0. The first kappa shape index (κ1) is 12.4. The molecule has 1 heterocycles. The Morgan fingerprint density at radius 2 is 1.72 bits per heavy atom. The third kappa shape index (κ3) is 2.30. The van der Waals surface area contributed by atoms with Gasteiger partial charge < -0.3 is 4.57 Å². The van der Waals surface area contributed by atoms with E-state index in [1.165, 1.54) is 13.2 Å². The average Bonchev–Trinajstić information content (AvgIpc) is 2.31. The minimum absolute atomic E-state index is 0.256. The summed E-state index contributed by atoms with van der Waals surface area (Å²) < 4.78 is 38.7. The van der Waals surface area contributed by atoms with Gasteiger partial charge in [0.05, 0.1) is 0 Å². The Morgan fingerprint density at radius 3 is 2.28 bits per heavy atom. The highest BCUT2D eigenvalue weighted by Crippen LogP contribution is 2.28. The molecule has 2 aromatic rings. The van der Waals surface area contributed by atoms with Crippen molar-refractivity contribution >= 4 is 0 Å². The van der Waals surface area contributed by atoms with Gasteiger partial charge in [-0.3, -0.25) is 4.79 Å². The number of hydrogen-bond donors (Lipinski definition) is 0. The standard InChI is InChI=1S/C13H10F3NO/c1-17-8-10(9-5-3-2-4-6-9)11(18)7-12(17)13(14,15)16/h2-8H,1H3. The third-order valence-corrected chi connectivity index (χ3v) is 2.61. The molecule has 0 saturated carbocycles. The SMILES string of the molecule is Cn1cc(-c2ccccc2)c(=O)cc1C(F)(F)F. The fourth-order valence-electron chi connectivity index (χ4n) is 1.75. The van der Waals surface area contributed by atoms with Gasteiger partial charge in [-0.2, -0.15) is 13.2 Å². The van der Waals surface area contributed by atoms with E-state index in [-0.39, 0.29) is 5.56 Å². The molecule has 0 bridgehead atoms. The van der Waals surface area contributed by atoms with Crippen molar-refractivity contribution in [1.82, 2.24) is 4.57 Å². The maximum Gasteiger partial charge on any atom is 0.431 e. The van der Waals surface area contributed by atoms with E-state index in [2.05, 4.69) is 0 Å². The normalized spacial score (nSPS) is 11.6. The lowest BCUT2D eigenvalue weighted by molar-refractivity contribution is -0.143. The van der Waals surface area contributed by atoms with Crippen LogP contribution < -0.4 is 5.43 Å². The summed E-state index contributed by atoms with van der Waals surface area (Å²) in [6.07, 6.45) is -3.32. The van der Waals surface area contributed by atoms with Gasteiger partial charge in [0, 0.05) is 24.9 Å². The molecule has 1 aromatic heterocycles. The molecule has 0 aliphatic heterocycles. The fourth-order valence-corrected chi connectivity index (χ4v) is 1.75. The van der Waals surface area contributed by atoms with Crippen molar-refractivity contribution in [2.24, 2.45) is 7.05 Å². The van der Waals surface area contributed by atoms with Crippen LogP contribution in [0.4, 0.5) is 13.2 Å².